The van der Waals surface area contributed by atoms with E-state index < -0.39 is 0 Å². The molecule has 0 fully saturated rings. The van der Waals surface area contributed by atoms with Gasteiger partial charge in [-0.25, -0.2) is 0 Å². The minimum atomic E-state index is 0.482. The van der Waals surface area contributed by atoms with Crippen LogP contribution in [-0.4, -0.2) is 9.78 Å². The average molecular weight is 280 g/mol. The summed E-state index contributed by atoms with van der Waals surface area (Å²) in [5.41, 5.74) is 10.1. The van der Waals surface area contributed by atoms with E-state index in [0.29, 0.717) is 6.54 Å². The Hall–Kier alpha value is -1.13. The van der Waals surface area contributed by atoms with Crippen molar-refractivity contribution in [1.82, 2.24) is 9.78 Å². The average Bonchev–Trinajstić information content (AvgIpc) is 2.56. The molecule has 0 radical (unpaired) electrons. The lowest BCUT2D eigenvalue weighted by Gasteiger charge is -2.03. The molecule has 0 amide bonds. The fourth-order valence-corrected chi connectivity index (χ4v) is 2.15. The first-order valence-corrected chi connectivity index (χ1v) is 5.91. The van der Waals surface area contributed by atoms with Gasteiger partial charge in [0.1, 0.15) is 0 Å². The molecule has 84 valence electrons. The third kappa shape index (κ3) is 1.90. The van der Waals surface area contributed by atoms with E-state index in [1.165, 1.54) is 0 Å². The van der Waals surface area contributed by atoms with Gasteiger partial charge in [0, 0.05) is 23.6 Å². The summed E-state index contributed by atoms with van der Waals surface area (Å²) in [5, 5.41) is 4.41. The van der Waals surface area contributed by atoms with Gasteiger partial charge in [-0.3, -0.25) is 4.68 Å². The molecule has 0 atom stereocenters. The topological polar surface area (TPSA) is 43.8 Å². The quantitative estimate of drug-likeness (QED) is 0.919. The molecule has 2 N–H and O–H groups in total. The van der Waals surface area contributed by atoms with E-state index in [0.717, 1.165) is 27.0 Å². The second kappa shape index (κ2) is 4.39. The number of benzene rings is 1. The number of aromatic nitrogens is 2. The van der Waals surface area contributed by atoms with Gasteiger partial charge in [-0.1, -0.05) is 28.1 Å². The summed E-state index contributed by atoms with van der Waals surface area (Å²) in [6, 6.07) is 8.22. The maximum Gasteiger partial charge on any atom is 0.0795 e. The van der Waals surface area contributed by atoms with Crippen LogP contribution in [0.3, 0.4) is 0 Å². The van der Waals surface area contributed by atoms with Crippen LogP contribution in [0.25, 0.3) is 11.3 Å². The van der Waals surface area contributed by atoms with E-state index in [1.54, 1.807) is 0 Å². The van der Waals surface area contributed by atoms with E-state index in [9.17, 15) is 0 Å². The zero-order valence-corrected chi connectivity index (χ0v) is 11.0. The molecule has 2 aromatic rings. The van der Waals surface area contributed by atoms with Gasteiger partial charge < -0.3 is 5.73 Å². The first kappa shape index (κ1) is 11.4. The second-order valence-corrected chi connectivity index (χ2v) is 4.67. The maximum atomic E-state index is 5.65. The molecule has 0 saturated carbocycles. The highest BCUT2D eigenvalue weighted by Gasteiger charge is 2.12. The van der Waals surface area contributed by atoms with Gasteiger partial charge in [-0.2, -0.15) is 5.10 Å². The van der Waals surface area contributed by atoms with Crippen molar-refractivity contribution in [2.24, 2.45) is 12.8 Å². The maximum absolute atomic E-state index is 5.65. The number of rotatable bonds is 2. The standard InChI is InChI=1S/C12H14BrN3/c1-8-11(7-14)15-16(2)12(8)9-3-5-10(13)6-4-9/h3-6H,7,14H2,1-2H3. The van der Waals surface area contributed by atoms with Crippen LogP contribution in [0.2, 0.25) is 0 Å². The van der Waals surface area contributed by atoms with Crippen molar-refractivity contribution in [2.75, 3.05) is 0 Å². The summed E-state index contributed by atoms with van der Waals surface area (Å²) in [7, 11) is 1.95. The Morgan fingerprint density at radius 2 is 1.94 bits per heavy atom. The summed E-state index contributed by atoms with van der Waals surface area (Å²) in [4.78, 5) is 0. The van der Waals surface area contributed by atoms with E-state index in [-0.39, 0.29) is 0 Å². The number of aryl methyl sites for hydroxylation is 1. The Bertz CT molecular complexity index is 500. The van der Waals surface area contributed by atoms with Crippen LogP contribution in [0.1, 0.15) is 11.3 Å². The first-order chi connectivity index (χ1) is 7.63. The molecular weight excluding hydrogens is 266 g/mol. The fraction of sp³-hybridized carbons (Fsp3) is 0.250. The van der Waals surface area contributed by atoms with Crippen molar-refractivity contribution in [3.8, 4) is 11.3 Å². The number of nitrogens with two attached hydrogens (primary N) is 1. The molecule has 3 nitrogen and oxygen atoms in total. The summed E-state index contributed by atoms with van der Waals surface area (Å²) >= 11 is 3.43. The molecular formula is C12H14BrN3. The van der Waals surface area contributed by atoms with Gasteiger partial charge in [0.15, 0.2) is 0 Å². The van der Waals surface area contributed by atoms with Crippen LogP contribution in [0, 0.1) is 6.92 Å². The largest absolute Gasteiger partial charge is 0.325 e. The summed E-state index contributed by atoms with van der Waals surface area (Å²) in [5.74, 6) is 0. The van der Waals surface area contributed by atoms with E-state index in [4.69, 9.17) is 5.73 Å². The molecule has 4 heteroatoms. The lowest BCUT2D eigenvalue weighted by molar-refractivity contribution is 0.749. The first-order valence-electron chi connectivity index (χ1n) is 5.12. The number of hydrogen-bond donors (Lipinski definition) is 1. The minimum absolute atomic E-state index is 0.482. The van der Waals surface area contributed by atoms with Crippen LogP contribution >= 0.6 is 15.9 Å². The van der Waals surface area contributed by atoms with Crippen molar-refractivity contribution < 1.29 is 0 Å². The Morgan fingerprint density at radius 3 is 2.44 bits per heavy atom. The molecule has 1 aromatic heterocycles. The molecule has 1 aromatic carbocycles. The number of nitrogens with zero attached hydrogens (tertiary/aromatic N) is 2. The van der Waals surface area contributed by atoms with Crippen LogP contribution < -0.4 is 5.73 Å². The van der Waals surface area contributed by atoms with Crippen molar-refractivity contribution in [1.29, 1.82) is 0 Å². The van der Waals surface area contributed by atoms with Crippen LogP contribution in [0.15, 0.2) is 28.7 Å². The zero-order valence-electron chi connectivity index (χ0n) is 9.37. The third-order valence-electron chi connectivity index (χ3n) is 2.69. The van der Waals surface area contributed by atoms with E-state index in [1.807, 2.05) is 23.9 Å². The Morgan fingerprint density at radius 1 is 1.31 bits per heavy atom. The van der Waals surface area contributed by atoms with Gasteiger partial charge in [0.2, 0.25) is 0 Å². The molecule has 0 aliphatic rings. The van der Waals surface area contributed by atoms with Crippen molar-refractivity contribution in [3.05, 3.63) is 40.0 Å². The molecule has 0 spiro atoms. The van der Waals surface area contributed by atoms with E-state index in [2.05, 4.69) is 40.1 Å². The van der Waals surface area contributed by atoms with Crippen LogP contribution in [-0.2, 0) is 13.6 Å². The molecule has 0 saturated heterocycles. The minimum Gasteiger partial charge on any atom is -0.325 e. The van der Waals surface area contributed by atoms with Crippen molar-refractivity contribution >= 4 is 15.9 Å². The summed E-state index contributed by atoms with van der Waals surface area (Å²) < 4.78 is 2.97. The second-order valence-electron chi connectivity index (χ2n) is 3.75. The monoisotopic (exact) mass is 279 g/mol. The summed E-state index contributed by atoms with van der Waals surface area (Å²) in [6.07, 6.45) is 0. The normalized spacial score (nSPS) is 10.8. The lowest BCUT2D eigenvalue weighted by Crippen LogP contribution is -1.99. The van der Waals surface area contributed by atoms with Gasteiger partial charge in [0.25, 0.3) is 0 Å². The van der Waals surface area contributed by atoms with Gasteiger partial charge in [0.05, 0.1) is 11.4 Å². The molecule has 2 rings (SSSR count). The van der Waals surface area contributed by atoms with Gasteiger partial charge >= 0.3 is 0 Å². The van der Waals surface area contributed by atoms with Crippen LogP contribution in [0.4, 0.5) is 0 Å². The lowest BCUT2D eigenvalue weighted by atomic mass is 10.1. The van der Waals surface area contributed by atoms with Gasteiger partial charge in [-0.15, -0.1) is 0 Å². The van der Waals surface area contributed by atoms with Crippen molar-refractivity contribution in [2.45, 2.75) is 13.5 Å². The molecule has 0 aliphatic carbocycles. The SMILES string of the molecule is Cc1c(CN)nn(C)c1-c1ccc(Br)cc1. The van der Waals surface area contributed by atoms with Gasteiger partial charge in [-0.05, 0) is 24.6 Å². The third-order valence-corrected chi connectivity index (χ3v) is 3.22. The van der Waals surface area contributed by atoms with Crippen molar-refractivity contribution in [3.63, 3.8) is 0 Å². The molecule has 0 bridgehead atoms. The smallest absolute Gasteiger partial charge is 0.0795 e. The predicted molar refractivity (Wildman–Crippen MR) is 69.0 cm³/mol. The van der Waals surface area contributed by atoms with Crippen LogP contribution in [0.5, 0.6) is 0 Å². The number of halogens is 1. The Labute approximate surface area is 103 Å². The highest BCUT2D eigenvalue weighted by atomic mass is 79.9. The molecule has 1 heterocycles. The number of hydrogen-bond acceptors (Lipinski definition) is 2. The summed E-state index contributed by atoms with van der Waals surface area (Å²) in [6.45, 7) is 2.54. The highest BCUT2D eigenvalue weighted by Crippen LogP contribution is 2.26. The van der Waals surface area contributed by atoms with E-state index >= 15 is 0 Å². The fourth-order valence-electron chi connectivity index (χ4n) is 1.89. The Kier molecular flexibility index (Phi) is 3.12. The predicted octanol–water partition coefficient (Wildman–Crippen LogP) is 2.62. The highest BCUT2D eigenvalue weighted by molar-refractivity contribution is 9.10. The molecule has 0 unspecified atom stereocenters. The Balaban J connectivity index is 2.55. The molecule has 0 aliphatic heterocycles. The zero-order chi connectivity index (χ0) is 11.7. The molecule has 16 heavy (non-hydrogen) atoms.